The Balaban J connectivity index is 1.30. The van der Waals surface area contributed by atoms with E-state index in [1.165, 1.54) is 41.3 Å². The third-order valence-corrected chi connectivity index (χ3v) is 8.47. The van der Waals surface area contributed by atoms with Crippen molar-refractivity contribution in [1.82, 2.24) is 15.5 Å². The Morgan fingerprint density at radius 1 is 0.929 bits per heavy atom. The van der Waals surface area contributed by atoms with E-state index < -0.39 is 22.0 Å². The third-order valence-electron chi connectivity index (χ3n) is 6.55. The number of nitrogens with zero attached hydrogens (tertiary/aromatic N) is 1. The fraction of sp³-hybridized carbons (Fsp3) is 0.250. The van der Waals surface area contributed by atoms with Crippen LogP contribution in [0, 0.1) is 5.92 Å². The highest BCUT2D eigenvalue weighted by molar-refractivity contribution is 7.92. The maximum absolute atomic E-state index is 13.1. The Hall–Kier alpha value is -4.00. The van der Waals surface area contributed by atoms with Crippen molar-refractivity contribution in [1.29, 1.82) is 0 Å². The Bertz CT molecular complexity index is 1560. The van der Waals surface area contributed by atoms with Crippen LogP contribution in [0.4, 0.5) is 10.5 Å². The predicted octanol–water partition coefficient (Wildman–Crippen LogP) is 4.82. The number of carbonyl (C=O) groups is 3. The number of ether oxygens (including phenoxy) is 1. The zero-order chi connectivity index (χ0) is 30.3. The summed E-state index contributed by atoms with van der Waals surface area (Å²) in [5.41, 5.74) is 0.340. The molecule has 1 heterocycles. The summed E-state index contributed by atoms with van der Waals surface area (Å²) in [6.45, 7) is 0.976. The Morgan fingerprint density at radius 3 is 2.29 bits per heavy atom. The van der Waals surface area contributed by atoms with Gasteiger partial charge in [-0.3, -0.25) is 14.3 Å². The number of anilines is 1. The maximum atomic E-state index is 13.1. The van der Waals surface area contributed by atoms with E-state index in [9.17, 15) is 22.8 Å². The molecule has 1 saturated heterocycles. The van der Waals surface area contributed by atoms with Crippen molar-refractivity contribution >= 4 is 56.8 Å². The van der Waals surface area contributed by atoms with Crippen LogP contribution in [0.15, 0.2) is 71.6 Å². The lowest BCUT2D eigenvalue weighted by molar-refractivity contribution is -0.120. The minimum absolute atomic E-state index is 0.0925. The normalized spacial score (nSPS) is 13.7. The van der Waals surface area contributed by atoms with E-state index in [0.717, 1.165) is 0 Å². The number of nitrogens with one attached hydrogen (secondary N) is 3. The van der Waals surface area contributed by atoms with Gasteiger partial charge in [-0.15, -0.1) is 0 Å². The molecule has 0 atom stereocenters. The monoisotopic (exact) mass is 634 g/mol. The fourth-order valence-electron chi connectivity index (χ4n) is 4.22. The van der Waals surface area contributed by atoms with Crippen LogP contribution in [0.1, 0.15) is 23.2 Å². The van der Waals surface area contributed by atoms with Crippen LogP contribution in [0.2, 0.25) is 10.0 Å². The Labute approximate surface area is 252 Å². The molecule has 0 bridgehead atoms. The van der Waals surface area contributed by atoms with Gasteiger partial charge in [0.15, 0.2) is 5.75 Å². The van der Waals surface area contributed by atoms with Gasteiger partial charge in [-0.2, -0.15) is 0 Å². The molecule has 0 radical (unpaired) electrons. The second-order valence-corrected chi connectivity index (χ2v) is 12.0. The summed E-state index contributed by atoms with van der Waals surface area (Å²) in [5, 5.41) is 15.0. The number of carbonyl (C=O) groups excluding carboxylic acids is 2. The van der Waals surface area contributed by atoms with Gasteiger partial charge in [0.2, 0.25) is 5.91 Å². The molecule has 14 heteroatoms. The molecule has 1 aliphatic heterocycles. The number of rotatable bonds is 10. The van der Waals surface area contributed by atoms with E-state index in [0.29, 0.717) is 37.5 Å². The predicted molar refractivity (Wildman–Crippen MR) is 158 cm³/mol. The highest BCUT2D eigenvalue weighted by Gasteiger charge is 2.23. The summed E-state index contributed by atoms with van der Waals surface area (Å²) < 4.78 is 34.4. The molecule has 11 nitrogen and oxygen atoms in total. The molecule has 0 aromatic heterocycles. The molecule has 4 rings (SSSR count). The summed E-state index contributed by atoms with van der Waals surface area (Å²) in [6.07, 6.45) is 0.356. The number of hydrogen-bond donors (Lipinski definition) is 4. The number of amides is 3. The average molecular weight is 636 g/mol. The number of halogens is 2. The lowest BCUT2D eigenvalue weighted by atomic mass is 9.97. The van der Waals surface area contributed by atoms with Gasteiger partial charge in [-0.1, -0.05) is 35.3 Å². The SMILES string of the molecule is O=C(CNC(=O)c1ccc(S(=O)(=O)Nc2ccccc2Oc2ccc(Cl)cc2Cl)cc1)NCC1CCN(C(=O)O)CC1. The third kappa shape index (κ3) is 8.28. The summed E-state index contributed by atoms with van der Waals surface area (Å²) >= 11 is 12.1. The van der Waals surface area contributed by atoms with Gasteiger partial charge in [0, 0.05) is 30.2 Å². The number of hydrogen-bond acceptors (Lipinski definition) is 6. The van der Waals surface area contributed by atoms with Crippen LogP contribution in [0.5, 0.6) is 11.5 Å². The van der Waals surface area contributed by atoms with Crippen LogP contribution in [0.3, 0.4) is 0 Å². The summed E-state index contributed by atoms with van der Waals surface area (Å²) in [7, 11) is -4.06. The van der Waals surface area contributed by atoms with Gasteiger partial charge < -0.3 is 25.4 Å². The van der Waals surface area contributed by atoms with E-state index in [4.69, 9.17) is 33.0 Å². The largest absolute Gasteiger partial charge is 0.465 e. The second-order valence-electron chi connectivity index (χ2n) is 9.50. The van der Waals surface area contributed by atoms with Crippen LogP contribution >= 0.6 is 23.2 Å². The highest BCUT2D eigenvalue weighted by atomic mass is 35.5. The summed E-state index contributed by atoms with van der Waals surface area (Å²) in [5.74, 6) is -0.260. The van der Waals surface area contributed by atoms with Crippen molar-refractivity contribution in [3.05, 3.63) is 82.3 Å². The van der Waals surface area contributed by atoms with Gasteiger partial charge in [0.25, 0.3) is 15.9 Å². The number of piperidine rings is 1. The van der Waals surface area contributed by atoms with Crippen molar-refractivity contribution in [2.45, 2.75) is 17.7 Å². The first kappa shape index (κ1) is 30.9. The molecule has 0 spiro atoms. The average Bonchev–Trinajstić information content (AvgIpc) is 2.97. The van der Waals surface area contributed by atoms with E-state index in [1.54, 1.807) is 30.3 Å². The first-order valence-electron chi connectivity index (χ1n) is 12.9. The number of sulfonamides is 1. The highest BCUT2D eigenvalue weighted by Crippen LogP contribution is 2.35. The molecule has 0 unspecified atom stereocenters. The lowest BCUT2D eigenvalue weighted by Crippen LogP contribution is -2.43. The quantitative estimate of drug-likeness (QED) is 0.249. The second kappa shape index (κ2) is 13.8. The van der Waals surface area contributed by atoms with Gasteiger partial charge >= 0.3 is 6.09 Å². The molecular formula is C28H28Cl2N4O7S. The van der Waals surface area contributed by atoms with Crippen LogP contribution in [0.25, 0.3) is 0 Å². The molecule has 222 valence electrons. The topological polar surface area (TPSA) is 154 Å². The maximum Gasteiger partial charge on any atom is 0.407 e. The van der Waals surface area contributed by atoms with Gasteiger partial charge in [-0.05, 0) is 73.4 Å². The number of benzene rings is 3. The van der Waals surface area contributed by atoms with Crippen LogP contribution < -0.4 is 20.1 Å². The summed E-state index contributed by atoms with van der Waals surface area (Å²) in [6, 6.07) is 16.3. The van der Waals surface area contributed by atoms with E-state index in [-0.39, 0.29) is 51.0 Å². The minimum Gasteiger partial charge on any atom is -0.465 e. The summed E-state index contributed by atoms with van der Waals surface area (Å²) in [4.78, 5) is 37.0. The molecule has 4 N–H and O–H groups in total. The molecule has 3 amide bonds. The van der Waals surface area contributed by atoms with Crippen molar-refractivity contribution in [2.24, 2.45) is 5.92 Å². The molecule has 1 aliphatic rings. The number of carboxylic acid groups (broad SMARTS) is 1. The van der Waals surface area contributed by atoms with Crippen molar-refractivity contribution in [3.63, 3.8) is 0 Å². The molecule has 0 saturated carbocycles. The zero-order valence-corrected chi connectivity index (χ0v) is 24.5. The zero-order valence-electron chi connectivity index (χ0n) is 22.2. The number of likely N-dealkylation sites (tertiary alicyclic amines) is 1. The number of para-hydroxylation sites is 2. The van der Waals surface area contributed by atoms with E-state index in [1.807, 2.05) is 0 Å². The van der Waals surface area contributed by atoms with Crippen LogP contribution in [-0.2, 0) is 14.8 Å². The molecule has 3 aromatic carbocycles. The Morgan fingerprint density at radius 2 is 1.62 bits per heavy atom. The molecule has 42 heavy (non-hydrogen) atoms. The van der Waals surface area contributed by atoms with Gasteiger partial charge in [0.1, 0.15) is 5.75 Å². The molecule has 1 fully saturated rings. The molecule has 0 aliphatic carbocycles. The van der Waals surface area contributed by atoms with E-state index in [2.05, 4.69) is 15.4 Å². The van der Waals surface area contributed by atoms with Crippen molar-refractivity contribution < 1.29 is 32.6 Å². The van der Waals surface area contributed by atoms with E-state index >= 15 is 0 Å². The first-order chi connectivity index (χ1) is 20.0. The first-order valence-corrected chi connectivity index (χ1v) is 15.1. The van der Waals surface area contributed by atoms with Crippen molar-refractivity contribution in [3.8, 4) is 11.5 Å². The molecular weight excluding hydrogens is 607 g/mol. The smallest absolute Gasteiger partial charge is 0.407 e. The van der Waals surface area contributed by atoms with Crippen LogP contribution in [-0.4, -0.2) is 62.5 Å². The van der Waals surface area contributed by atoms with Gasteiger partial charge in [0.05, 0.1) is 22.2 Å². The van der Waals surface area contributed by atoms with Crippen molar-refractivity contribution in [2.75, 3.05) is 30.9 Å². The standard InChI is InChI=1S/C28H28Cl2N4O7S/c29-20-7-10-24(22(30)15-20)41-25-4-2-1-3-23(25)33-42(39,40)21-8-5-19(6-9-21)27(36)32-17-26(35)31-16-18-11-13-34(14-12-18)28(37)38/h1-10,15,18,33H,11-14,16-17H2,(H,31,35)(H,32,36)(H,37,38). The van der Waals surface area contributed by atoms with Gasteiger partial charge in [-0.25, -0.2) is 13.2 Å². The Kier molecular flexibility index (Phi) is 10.2. The fourth-order valence-corrected chi connectivity index (χ4v) is 5.73. The molecule has 3 aromatic rings. The lowest BCUT2D eigenvalue weighted by Gasteiger charge is -2.29. The minimum atomic E-state index is -4.06.